The number of hydrogen-bond acceptors (Lipinski definition) is 2. The summed E-state index contributed by atoms with van der Waals surface area (Å²) in [7, 11) is 0. The van der Waals surface area contributed by atoms with Gasteiger partial charge in [0.15, 0.2) is 0 Å². The quantitative estimate of drug-likeness (QED) is 0.152. The SMILES string of the molecule is c1ccc(-c2ccc(-n3c4ccccc4c4ccc(N(c5ccc6c(c5)C5(c7ccccc7-c7cc(-c8cccnc8)ccc75)c5ccccc5-6)c5ccc6c7ccccc7n(-c7ccc(-c8ccccc8)cc7)c6c5)cc43)cc2)cc1. The second kappa shape index (κ2) is 18.1. The maximum absolute atomic E-state index is 4.52. The molecule has 3 aromatic heterocycles. The smallest absolute Gasteiger partial charge is 0.0726 e. The van der Waals surface area contributed by atoms with Crippen molar-refractivity contribution in [3.63, 3.8) is 0 Å². The van der Waals surface area contributed by atoms with Crippen LogP contribution in [0.1, 0.15) is 22.3 Å². The summed E-state index contributed by atoms with van der Waals surface area (Å²) in [5.41, 5.74) is 26.7. The van der Waals surface area contributed by atoms with E-state index in [1.54, 1.807) is 0 Å². The highest BCUT2D eigenvalue weighted by Gasteiger charge is 2.52. The Bertz CT molecular complexity index is 4820. The molecule has 0 radical (unpaired) electrons. The Morgan fingerprint density at radius 3 is 1.26 bits per heavy atom. The first-order chi connectivity index (χ1) is 40.7. The fraction of sp³-hybridized carbons (Fsp3) is 0.0128. The summed E-state index contributed by atoms with van der Waals surface area (Å²) < 4.78 is 4.89. The van der Waals surface area contributed by atoms with Crippen LogP contribution in [0.5, 0.6) is 0 Å². The Labute approximate surface area is 475 Å². The van der Waals surface area contributed by atoms with Crippen LogP contribution in [0.25, 0.3) is 111 Å². The maximum Gasteiger partial charge on any atom is 0.0726 e. The van der Waals surface area contributed by atoms with Gasteiger partial charge in [-0.25, -0.2) is 0 Å². The zero-order valence-electron chi connectivity index (χ0n) is 44.7. The fourth-order valence-corrected chi connectivity index (χ4v) is 14.1. The van der Waals surface area contributed by atoms with Gasteiger partial charge in [0.25, 0.3) is 0 Å². The lowest BCUT2D eigenvalue weighted by Crippen LogP contribution is -2.26. The largest absolute Gasteiger partial charge is 0.310 e. The van der Waals surface area contributed by atoms with Gasteiger partial charge in [-0.1, -0.05) is 206 Å². The second-order valence-electron chi connectivity index (χ2n) is 21.8. The minimum atomic E-state index is -0.572. The average Bonchev–Trinajstić information content (AvgIpc) is 1.99. The molecule has 4 heteroatoms. The van der Waals surface area contributed by atoms with Crippen molar-refractivity contribution in [1.29, 1.82) is 0 Å². The van der Waals surface area contributed by atoms with Crippen molar-refractivity contribution >= 4 is 60.7 Å². The van der Waals surface area contributed by atoms with Crippen LogP contribution in [0.3, 0.4) is 0 Å². The third-order valence-corrected chi connectivity index (χ3v) is 17.6. The molecule has 15 aromatic rings. The van der Waals surface area contributed by atoms with Gasteiger partial charge in [0.05, 0.1) is 27.5 Å². The van der Waals surface area contributed by atoms with Gasteiger partial charge < -0.3 is 14.0 Å². The molecule has 0 saturated heterocycles. The second-order valence-corrected chi connectivity index (χ2v) is 21.8. The predicted molar refractivity (Wildman–Crippen MR) is 340 cm³/mol. The van der Waals surface area contributed by atoms with E-state index in [1.165, 1.54) is 99.3 Å². The molecule has 82 heavy (non-hydrogen) atoms. The van der Waals surface area contributed by atoms with Crippen molar-refractivity contribution in [3.05, 3.63) is 326 Å². The van der Waals surface area contributed by atoms with Gasteiger partial charge in [0.1, 0.15) is 0 Å². The summed E-state index contributed by atoms with van der Waals surface area (Å²) >= 11 is 0. The van der Waals surface area contributed by atoms with E-state index in [4.69, 9.17) is 0 Å². The van der Waals surface area contributed by atoms with Gasteiger partial charge in [-0.2, -0.15) is 0 Å². The number of para-hydroxylation sites is 2. The normalized spacial score (nSPS) is 13.9. The highest BCUT2D eigenvalue weighted by molar-refractivity contribution is 6.12. The Morgan fingerprint density at radius 2 is 0.695 bits per heavy atom. The van der Waals surface area contributed by atoms with Crippen LogP contribution in [0.2, 0.25) is 0 Å². The van der Waals surface area contributed by atoms with E-state index < -0.39 is 5.41 Å². The molecule has 0 bridgehead atoms. The zero-order valence-corrected chi connectivity index (χ0v) is 44.7. The summed E-state index contributed by atoms with van der Waals surface area (Å²) in [4.78, 5) is 7.02. The lowest BCUT2D eigenvalue weighted by atomic mass is 9.70. The number of nitrogens with zero attached hydrogens (tertiary/aromatic N) is 4. The number of pyridine rings is 1. The van der Waals surface area contributed by atoms with Crippen LogP contribution in [0, 0.1) is 0 Å². The molecule has 0 aliphatic heterocycles. The Hall–Kier alpha value is -10.8. The van der Waals surface area contributed by atoms with Crippen molar-refractivity contribution in [2.75, 3.05) is 4.90 Å². The van der Waals surface area contributed by atoms with E-state index in [9.17, 15) is 0 Å². The molecule has 2 aliphatic rings. The van der Waals surface area contributed by atoms with Gasteiger partial charge in [0, 0.05) is 67.9 Å². The summed E-state index contributed by atoms with van der Waals surface area (Å²) in [5, 5.41) is 4.84. The van der Waals surface area contributed by atoms with Crippen molar-refractivity contribution in [3.8, 4) is 67.0 Å². The van der Waals surface area contributed by atoms with Gasteiger partial charge >= 0.3 is 0 Å². The van der Waals surface area contributed by atoms with Crippen molar-refractivity contribution < 1.29 is 0 Å². The first kappa shape index (κ1) is 46.1. The molecule has 0 amide bonds. The molecule has 17 rings (SSSR count). The number of fused-ring (bicyclic) bond motifs is 16. The molecule has 382 valence electrons. The summed E-state index contributed by atoms with van der Waals surface area (Å²) in [6, 6.07) is 108. The molecular weight excluding hydrogens is 993 g/mol. The first-order valence-electron chi connectivity index (χ1n) is 28.2. The van der Waals surface area contributed by atoms with Crippen LogP contribution in [-0.4, -0.2) is 14.1 Å². The fourth-order valence-electron chi connectivity index (χ4n) is 14.1. The molecular formula is C78H50N4. The van der Waals surface area contributed by atoms with Crippen molar-refractivity contribution in [2.45, 2.75) is 5.41 Å². The summed E-state index contributed by atoms with van der Waals surface area (Å²) in [6.45, 7) is 0. The van der Waals surface area contributed by atoms with Gasteiger partial charge in [-0.15, -0.1) is 0 Å². The lowest BCUT2D eigenvalue weighted by molar-refractivity contribution is 0.794. The van der Waals surface area contributed by atoms with Crippen molar-refractivity contribution in [1.82, 2.24) is 14.1 Å². The van der Waals surface area contributed by atoms with Crippen LogP contribution in [0.15, 0.2) is 304 Å². The van der Waals surface area contributed by atoms with Gasteiger partial charge in [0.2, 0.25) is 0 Å². The molecule has 3 heterocycles. The van der Waals surface area contributed by atoms with Crippen LogP contribution < -0.4 is 4.90 Å². The standard InChI is InChI=1S/C78H50N4/c1-3-16-51(17-4-1)53-29-34-57(35-30-53)81-74-27-13-9-23-65(74)67-42-39-60(48-76(67)81)80(61-40-43-68-66-24-10-14-28-75(66)82(77(68)49-61)58-36-31-54(32-37-58)52-18-5-2-6-19-52)59-38-41-64-62-21-7-11-25-70(62)78(73(64)47-59)71-26-12-8-22-63(71)69-46-55(33-44-72(69)78)56-20-15-45-79-50-56/h1-50H. The predicted octanol–water partition coefficient (Wildman–Crippen LogP) is 20.1. The number of rotatable bonds is 8. The third kappa shape index (κ3) is 6.82. The van der Waals surface area contributed by atoms with E-state index in [1.807, 2.05) is 18.5 Å². The third-order valence-electron chi connectivity index (χ3n) is 17.6. The molecule has 4 nitrogen and oxygen atoms in total. The highest BCUT2D eigenvalue weighted by Crippen LogP contribution is 2.64. The highest BCUT2D eigenvalue weighted by atomic mass is 15.1. The Kier molecular flexibility index (Phi) is 10.2. The molecule has 1 unspecified atom stereocenters. The molecule has 0 N–H and O–H groups in total. The number of anilines is 3. The average molecular weight is 1040 g/mol. The first-order valence-corrected chi connectivity index (χ1v) is 28.2. The Morgan fingerprint density at radius 1 is 0.268 bits per heavy atom. The molecule has 1 atom stereocenters. The molecule has 12 aromatic carbocycles. The summed E-state index contributed by atoms with van der Waals surface area (Å²) in [6.07, 6.45) is 3.82. The van der Waals surface area contributed by atoms with E-state index in [2.05, 4.69) is 304 Å². The van der Waals surface area contributed by atoms with Crippen molar-refractivity contribution in [2.24, 2.45) is 0 Å². The molecule has 0 fully saturated rings. The number of aromatic nitrogens is 3. The topological polar surface area (TPSA) is 26.0 Å². The van der Waals surface area contributed by atoms with Gasteiger partial charge in [-0.05, 0) is 157 Å². The van der Waals surface area contributed by atoms with E-state index in [0.717, 1.165) is 50.6 Å². The minimum absolute atomic E-state index is 0.572. The van der Waals surface area contributed by atoms with Crippen LogP contribution >= 0.6 is 0 Å². The monoisotopic (exact) mass is 1040 g/mol. The summed E-state index contributed by atoms with van der Waals surface area (Å²) in [5.74, 6) is 0. The van der Waals surface area contributed by atoms with Crippen LogP contribution in [0.4, 0.5) is 17.1 Å². The zero-order chi connectivity index (χ0) is 53.9. The van der Waals surface area contributed by atoms with E-state index >= 15 is 0 Å². The molecule has 2 aliphatic carbocycles. The van der Waals surface area contributed by atoms with E-state index in [0.29, 0.717) is 0 Å². The number of benzene rings is 12. The molecule has 0 saturated carbocycles. The lowest BCUT2D eigenvalue weighted by Gasteiger charge is -2.32. The van der Waals surface area contributed by atoms with E-state index in [-0.39, 0.29) is 0 Å². The molecule has 1 spiro atoms. The van der Waals surface area contributed by atoms with Gasteiger partial charge in [-0.3, -0.25) is 4.98 Å². The minimum Gasteiger partial charge on any atom is -0.310 e. The maximum atomic E-state index is 4.52. The van der Waals surface area contributed by atoms with Crippen LogP contribution in [-0.2, 0) is 5.41 Å². The Balaban J connectivity index is 0.910. The number of hydrogen-bond donors (Lipinski definition) is 0.